The van der Waals surface area contributed by atoms with Crippen molar-refractivity contribution in [3.63, 3.8) is 0 Å². The van der Waals surface area contributed by atoms with Crippen LogP contribution in [0, 0.1) is 0 Å². The van der Waals surface area contributed by atoms with Crippen LogP contribution in [0.15, 0.2) is 24.3 Å². The van der Waals surface area contributed by atoms with E-state index in [-0.39, 0.29) is 0 Å². The summed E-state index contributed by atoms with van der Waals surface area (Å²) in [7, 11) is 0. The largest absolute Gasteiger partial charge is 0.360 e. The summed E-state index contributed by atoms with van der Waals surface area (Å²) in [5.41, 5.74) is 0.966. The number of rotatable bonds is 3. The molecule has 0 amide bonds. The molecule has 0 atom stereocenters. The monoisotopic (exact) mass is 297 g/mol. The lowest BCUT2D eigenvalue weighted by atomic mass is 10.1. The molecule has 0 bridgehead atoms. The van der Waals surface area contributed by atoms with Crippen LogP contribution >= 0.6 is 23.8 Å². The van der Waals surface area contributed by atoms with Crippen molar-refractivity contribution in [2.75, 3.05) is 25.0 Å². The highest BCUT2D eigenvalue weighted by atomic mass is 35.5. The first-order valence-electron chi connectivity index (χ1n) is 6.73. The van der Waals surface area contributed by atoms with Gasteiger partial charge in [0.1, 0.15) is 0 Å². The number of halogens is 1. The Morgan fingerprint density at radius 2 is 1.95 bits per heavy atom. The first-order chi connectivity index (χ1) is 9.17. The van der Waals surface area contributed by atoms with Crippen molar-refractivity contribution in [2.24, 2.45) is 0 Å². The van der Waals surface area contributed by atoms with Gasteiger partial charge in [-0.25, -0.2) is 0 Å². The molecule has 1 fully saturated rings. The zero-order valence-corrected chi connectivity index (χ0v) is 12.7. The molecule has 0 radical (unpaired) electrons. The molecule has 104 valence electrons. The van der Waals surface area contributed by atoms with Crippen molar-refractivity contribution in [1.82, 2.24) is 10.2 Å². The molecule has 3 nitrogen and oxygen atoms in total. The third-order valence-electron chi connectivity index (χ3n) is 3.47. The highest BCUT2D eigenvalue weighted by molar-refractivity contribution is 7.80. The maximum atomic E-state index is 5.85. The Hall–Kier alpha value is -0.840. The molecule has 0 aromatic heterocycles. The number of piperidine rings is 1. The molecular formula is C14H20ClN3S. The molecule has 1 heterocycles. The molecule has 1 aromatic carbocycles. The van der Waals surface area contributed by atoms with E-state index in [0.717, 1.165) is 43.2 Å². The lowest BCUT2D eigenvalue weighted by molar-refractivity contribution is 0.216. The fourth-order valence-electron chi connectivity index (χ4n) is 2.28. The average Bonchev–Trinajstić information content (AvgIpc) is 2.42. The minimum atomic E-state index is 0.482. The summed E-state index contributed by atoms with van der Waals surface area (Å²) >= 11 is 11.2. The molecule has 0 aliphatic carbocycles. The van der Waals surface area contributed by atoms with Crippen LogP contribution in [0.4, 0.5) is 5.69 Å². The summed E-state index contributed by atoms with van der Waals surface area (Å²) in [6.45, 7) is 5.65. The number of nitrogens with zero attached hydrogens (tertiary/aromatic N) is 1. The second kappa shape index (κ2) is 7.08. The van der Waals surface area contributed by atoms with Crippen LogP contribution in [0.1, 0.15) is 19.8 Å². The molecule has 1 aliphatic rings. The second-order valence-electron chi connectivity index (χ2n) is 4.81. The van der Waals surface area contributed by atoms with Gasteiger partial charge in [0, 0.05) is 29.8 Å². The lowest BCUT2D eigenvalue weighted by Crippen LogP contribution is -2.45. The van der Waals surface area contributed by atoms with Gasteiger partial charge in [-0.1, -0.05) is 18.5 Å². The summed E-state index contributed by atoms with van der Waals surface area (Å²) in [5, 5.41) is 8.00. The van der Waals surface area contributed by atoms with E-state index in [2.05, 4.69) is 22.5 Å². The maximum absolute atomic E-state index is 5.85. The van der Waals surface area contributed by atoms with E-state index in [1.165, 1.54) is 0 Å². The number of hydrogen-bond donors (Lipinski definition) is 2. The predicted octanol–water partition coefficient (Wildman–Crippen LogP) is 3.11. The number of likely N-dealkylation sites (tertiary alicyclic amines) is 1. The number of hydrogen-bond acceptors (Lipinski definition) is 2. The van der Waals surface area contributed by atoms with Gasteiger partial charge in [0.2, 0.25) is 0 Å². The van der Waals surface area contributed by atoms with Gasteiger partial charge >= 0.3 is 0 Å². The summed E-state index contributed by atoms with van der Waals surface area (Å²) in [6, 6.07) is 8.04. The van der Waals surface area contributed by atoms with Crippen molar-refractivity contribution in [3.8, 4) is 0 Å². The van der Waals surface area contributed by atoms with E-state index in [0.29, 0.717) is 11.2 Å². The molecule has 2 N–H and O–H groups in total. The lowest BCUT2D eigenvalue weighted by Gasteiger charge is -2.32. The van der Waals surface area contributed by atoms with E-state index in [9.17, 15) is 0 Å². The zero-order valence-electron chi connectivity index (χ0n) is 11.2. The molecule has 1 aliphatic heterocycles. The number of thiocarbonyl (C=S) groups is 1. The SMILES string of the molecule is CCN1CCC(NC(=S)Nc2ccc(Cl)cc2)CC1. The molecule has 0 unspecified atom stereocenters. The van der Waals surface area contributed by atoms with Gasteiger partial charge < -0.3 is 15.5 Å². The van der Waals surface area contributed by atoms with Crippen LogP contribution in [0.25, 0.3) is 0 Å². The quantitative estimate of drug-likeness (QED) is 0.839. The van der Waals surface area contributed by atoms with E-state index in [4.69, 9.17) is 23.8 Å². The molecule has 0 spiro atoms. The highest BCUT2D eigenvalue weighted by Crippen LogP contribution is 2.14. The van der Waals surface area contributed by atoms with Gasteiger partial charge in [-0.05, 0) is 55.9 Å². The fourth-order valence-corrected chi connectivity index (χ4v) is 2.69. The van der Waals surface area contributed by atoms with Gasteiger partial charge in [0.25, 0.3) is 0 Å². The van der Waals surface area contributed by atoms with E-state index >= 15 is 0 Å². The predicted molar refractivity (Wildman–Crippen MR) is 85.9 cm³/mol. The molecule has 2 rings (SSSR count). The third kappa shape index (κ3) is 4.64. The van der Waals surface area contributed by atoms with Crippen LogP contribution < -0.4 is 10.6 Å². The Balaban J connectivity index is 1.77. The van der Waals surface area contributed by atoms with Crippen molar-refractivity contribution in [3.05, 3.63) is 29.3 Å². The summed E-state index contributed by atoms with van der Waals surface area (Å²) in [4.78, 5) is 2.47. The van der Waals surface area contributed by atoms with Crippen LogP contribution in [0.2, 0.25) is 5.02 Å². The fraction of sp³-hybridized carbons (Fsp3) is 0.500. The topological polar surface area (TPSA) is 27.3 Å². The molecule has 19 heavy (non-hydrogen) atoms. The van der Waals surface area contributed by atoms with Crippen molar-refractivity contribution >= 4 is 34.6 Å². The average molecular weight is 298 g/mol. The smallest absolute Gasteiger partial charge is 0.170 e. The maximum Gasteiger partial charge on any atom is 0.170 e. The Morgan fingerprint density at radius 1 is 1.32 bits per heavy atom. The number of benzene rings is 1. The first-order valence-corrected chi connectivity index (χ1v) is 7.51. The van der Waals surface area contributed by atoms with Crippen molar-refractivity contribution in [1.29, 1.82) is 0 Å². The van der Waals surface area contributed by atoms with E-state index < -0.39 is 0 Å². The van der Waals surface area contributed by atoms with Crippen LogP contribution in [-0.2, 0) is 0 Å². The molecule has 1 aromatic rings. The van der Waals surface area contributed by atoms with Crippen LogP contribution in [0.5, 0.6) is 0 Å². The highest BCUT2D eigenvalue weighted by Gasteiger charge is 2.18. The zero-order chi connectivity index (χ0) is 13.7. The van der Waals surface area contributed by atoms with Crippen molar-refractivity contribution in [2.45, 2.75) is 25.8 Å². The van der Waals surface area contributed by atoms with E-state index in [1.54, 1.807) is 0 Å². The van der Waals surface area contributed by atoms with Crippen LogP contribution in [-0.4, -0.2) is 35.7 Å². The summed E-state index contributed by atoms with van der Waals surface area (Å²) in [6.07, 6.45) is 2.30. The van der Waals surface area contributed by atoms with Gasteiger partial charge in [-0.3, -0.25) is 0 Å². The van der Waals surface area contributed by atoms with Gasteiger partial charge in [0.05, 0.1) is 0 Å². The number of anilines is 1. The Labute approximate surface area is 125 Å². The van der Waals surface area contributed by atoms with E-state index in [1.807, 2.05) is 24.3 Å². The molecule has 1 saturated heterocycles. The summed E-state index contributed by atoms with van der Waals surface area (Å²) < 4.78 is 0. The third-order valence-corrected chi connectivity index (χ3v) is 3.94. The van der Waals surface area contributed by atoms with Gasteiger partial charge in [-0.2, -0.15) is 0 Å². The van der Waals surface area contributed by atoms with Gasteiger partial charge in [0.15, 0.2) is 5.11 Å². The Kier molecular flexibility index (Phi) is 5.43. The Morgan fingerprint density at radius 3 is 2.53 bits per heavy atom. The second-order valence-corrected chi connectivity index (χ2v) is 5.66. The summed E-state index contributed by atoms with van der Waals surface area (Å²) in [5.74, 6) is 0. The normalized spacial score (nSPS) is 17.2. The number of nitrogens with one attached hydrogen (secondary N) is 2. The Bertz CT molecular complexity index is 413. The molecule has 0 saturated carbocycles. The minimum Gasteiger partial charge on any atom is -0.360 e. The minimum absolute atomic E-state index is 0.482. The van der Waals surface area contributed by atoms with Crippen molar-refractivity contribution < 1.29 is 0 Å². The standard InChI is InChI=1S/C14H20ClN3S/c1-2-18-9-7-13(8-10-18)17-14(19)16-12-5-3-11(15)4-6-12/h3-6,13H,2,7-10H2,1H3,(H2,16,17,19). The molecular weight excluding hydrogens is 278 g/mol. The molecule has 5 heteroatoms. The van der Waals surface area contributed by atoms with Gasteiger partial charge in [-0.15, -0.1) is 0 Å². The van der Waals surface area contributed by atoms with Crippen LogP contribution in [0.3, 0.4) is 0 Å². The first kappa shape index (κ1) is 14.6.